The van der Waals surface area contributed by atoms with Crippen molar-refractivity contribution < 1.29 is 37.3 Å². The van der Waals surface area contributed by atoms with Crippen LogP contribution in [0.3, 0.4) is 0 Å². The van der Waals surface area contributed by atoms with E-state index >= 15 is 0 Å². The molecule has 0 spiro atoms. The number of ether oxygens (including phenoxy) is 4. The normalized spacial score (nSPS) is 17.6. The Morgan fingerprint density at radius 3 is 2.70 bits per heavy atom. The molecule has 0 radical (unpaired) electrons. The van der Waals surface area contributed by atoms with E-state index in [0.29, 0.717) is 43.4 Å². The average molecular weight is 617 g/mol. The first-order chi connectivity index (χ1) is 20.4. The number of carbonyl (C=O) groups is 1. The minimum absolute atomic E-state index is 0.0290. The Hall–Kier alpha value is -3.36. The minimum atomic E-state index is -3.85. The molecule has 0 aliphatic carbocycles. The molecule has 1 unspecified atom stereocenters. The standard InChI is InChI=1S/C30H40N4O8S/c1-21-10-11-23(16-24(21)18-34-17-22(2)42-26-8-6-7-9-27(26)43(34,37)38)28(30(3,4)29(35)36)41-20-25-19-33(32-31-25)12-13-40-15-14-39-5/h6-11,16,19,22,28H,12-15,17-18,20H2,1-5H3,(H,35,36)/t22-,28?/m1/s1. The molecule has 1 aromatic heterocycles. The number of fused-ring (bicyclic) bond motifs is 1. The number of para-hydroxylation sites is 1. The molecule has 13 heteroatoms. The van der Waals surface area contributed by atoms with Gasteiger partial charge in [-0.1, -0.05) is 35.5 Å². The summed E-state index contributed by atoms with van der Waals surface area (Å²) in [5.74, 6) is -0.704. The second-order valence-electron chi connectivity index (χ2n) is 11.2. The van der Waals surface area contributed by atoms with Gasteiger partial charge in [0.15, 0.2) is 0 Å². The van der Waals surface area contributed by atoms with E-state index in [1.807, 2.05) is 32.0 Å². The number of aromatic nitrogens is 3. The van der Waals surface area contributed by atoms with Crippen LogP contribution in [0.5, 0.6) is 5.75 Å². The number of carboxylic acids is 1. The lowest BCUT2D eigenvalue weighted by Gasteiger charge is -2.31. The molecule has 43 heavy (non-hydrogen) atoms. The molecule has 1 aliphatic heterocycles. The van der Waals surface area contributed by atoms with E-state index in [1.54, 1.807) is 56.1 Å². The first kappa shape index (κ1) is 32.6. The van der Waals surface area contributed by atoms with Gasteiger partial charge < -0.3 is 24.1 Å². The fourth-order valence-corrected chi connectivity index (χ4v) is 6.44. The molecule has 0 saturated heterocycles. The van der Waals surface area contributed by atoms with Crippen molar-refractivity contribution in [1.82, 2.24) is 19.3 Å². The van der Waals surface area contributed by atoms with Crippen molar-refractivity contribution in [1.29, 1.82) is 0 Å². The number of aryl methyl sites for hydroxylation is 1. The van der Waals surface area contributed by atoms with Gasteiger partial charge in [-0.2, -0.15) is 4.31 Å². The molecule has 2 atom stereocenters. The van der Waals surface area contributed by atoms with E-state index in [-0.39, 0.29) is 30.7 Å². The molecule has 0 amide bonds. The van der Waals surface area contributed by atoms with Crippen LogP contribution >= 0.6 is 0 Å². The van der Waals surface area contributed by atoms with Gasteiger partial charge in [-0.3, -0.25) is 4.79 Å². The maximum absolute atomic E-state index is 13.6. The fraction of sp³-hybridized carbons (Fsp3) is 0.500. The quantitative estimate of drug-likeness (QED) is 0.267. The molecule has 0 saturated carbocycles. The molecule has 2 heterocycles. The second-order valence-corrected chi connectivity index (χ2v) is 13.1. The highest BCUT2D eigenvalue weighted by Crippen LogP contribution is 2.39. The van der Waals surface area contributed by atoms with Gasteiger partial charge in [0.2, 0.25) is 10.0 Å². The summed E-state index contributed by atoms with van der Waals surface area (Å²) in [6.07, 6.45) is 0.501. The Labute approximate surface area is 252 Å². The minimum Gasteiger partial charge on any atom is -0.488 e. The molecule has 4 rings (SSSR count). The first-order valence-corrected chi connectivity index (χ1v) is 15.5. The van der Waals surface area contributed by atoms with Crippen LogP contribution in [0.25, 0.3) is 0 Å². The number of carboxylic acid groups (broad SMARTS) is 1. The van der Waals surface area contributed by atoms with Gasteiger partial charge in [-0.15, -0.1) is 5.10 Å². The summed E-state index contributed by atoms with van der Waals surface area (Å²) in [4.78, 5) is 12.5. The van der Waals surface area contributed by atoms with Gasteiger partial charge in [-0.05, 0) is 56.5 Å². The van der Waals surface area contributed by atoms with Crippen molar-refractivity contribution in [2.24, 2.45) is 5.41 Å². The lowest BCUT2D eigenvalue weighted by atomic mass is 9.81. The third-order valence-electron chi connectivity index (χ3n) is 7.37. The summed E-state index contributed by atoms with van der Waals surface area (Å²) < 4.78 is 52.9. The second kappa shape index (κ2) is 14.0. The molecule has 1 aliphatic rings. The van der Waals surface area contributed by atoms with Crippen LogP contribution in [0.2, 0.25) is 0 Å². The SMILES string of the molecule is COCCOCCn1cc(COC(c2ccc(C)c(CN3C[C@@H](C)Oc4ccccc4S3(=O)=O)c2)C(C)(C)C(=O)O)nn1. The van der Waals surface area contributed by atoms with Gasteiger partial charge in [0.1, 0.15) is 22.4 Å². The number of benzene rings is 2. The van der Waals surface area contributed by atoms with E-state index in [1.165, 1.54) is 4.31 Å². The topological polar surface area (TPSA) is 142 Å². The lowest BCUT2D eigenvalue weighted by Crippen LogP contribution is -2.36. The number of methoxy groups -OCH3 is 1. The third kappa shape index (κ3) is 7.78. The number of sulfonamides is 1. The van der Waals surface area contributed by atoms with Crippen molar-refractivity contribution in [3.8, 4) is 5.75 Å². The maximum Gasteiger partial charge on any atom is 0.312 e. The van der Waals surface area contributed by atoms with Crippen molar-refractivity contribution in [3.05, 3.63) is 71.0 Å². The highest BCUT2D eigenvalue weighted by atomic mass is 32.2. The molecule has 2 aromatic carbocycles. The van der Waals surface area contributed by atoms with E-state index < -0.39 is 27.5 Å². The zero-order valence-electron chi connectivity index (χ0n) is 25.2. The van der Waals surface area contributed by atoms with Gasteiger partial charge >= 0.3 is 5.97 Å². The van der Waals surface area contributed by atoms with E-state index in [9.17, 15) is 18.3 Å². The van der Waals surface area contributed by atoms with Crippen molar-refractivity contribution in [2.75, 3.05) is 33.5 Å². The summed E-state index contributed by atoms with van der Waals surface area (Å²) in [5, 5.41) is 18.4. The van der Waals surface area contributed by atoms with Crippen molar-refractivity contribution >= 4 is 16.0 Å². The van der Waals surface area contributed by atoms with E-state index in [2.05, 4.69) is 10.3 Å². The van der Waals surface area contributed by atoms with Crippen LogP contribution in [0, 0.1) is 12.3 Å². The van der Waals surface area contributed by atoms with Crippen molar-refractivity contribution in [2.45, 2.75) is 64.5 Å². The van der Waals surface area contributed by atoms with Crippen molar-refractivity contribution in [3.63, 3.8) is 0 Å². The summed E-state index contributed by atoms with van der Waals surface area (Å²) in [6.45, 7) is 9.13. The number of hydrogen-bond acceptors (Lipinski definition) is 9. The smallest absolute Gasteiger partial charge is 0.312 e. The number of aliphatic carboxylic acids is 1. The van der Waals surface area contributed by atoms with Crippen LogP contribution in [-0.2, 0) is 48.7 Å². The molecule has 1 N–H and O–H groups in total. The Bertz CT molecular complexity index is 1510. The number of nitrogens with zero attached hydrogens (tertiary/aromatic N) is 4. The summed E-state index contributed by atoms with van der Waals surface area (Å²) in [5.41, 5.74) is 1.45. The monoisotopic (exact) mass is 616 g/mol. The third-order valence-corrected chi connectivity index (χ3v) is 9.22. The molecule has 3 aromatic rings. The van der Waals surface area contributed by atoms with Crippen LogP contribution < -0.4 is 4.74 Å². The summed E-state index contributed by atoms with van der Waals surface area (Å²) >= 11 is 0. The Balaban J connectivity index is 1.55. The van der Waals surface area contributed by atoms with Gasteiger partial charge in [0.25, 0.3) is 0 Å². The lowest BCUT2D eigenvalue weighted by molar-refractivity contribution is -0.158. The number of rotatable bonds is 14. The molecular formula is C30H40N4O8S. The zero-order chi connectivity index (χ0) is 31.2. The summed E-state index contributed by atoms with van der Waals surface area (Å²) in [7, 11) is -2.24. The molecule has 0 bridgehead atoms. The molecule has 234 valence electrons. The average Bonchev–Trinajstić information content (AvgIpc) is 3.38. The van der Waals surface area contributed by atoms with Crippen LogP contribution in [0.1, 0.15) is 49.3 Å². The maximum atomic E-state index is 13.6. The largest absolute Gasteiger partial charge is 0.488 e. The van der Waals surface area contributed by atoms with Crippen LogP contribution in [0.4, 0.5) is 0 Å². The fourth-order valence-electron chi connectivity index (χ4n) is 4.82. The van der Waals surface area contributed by atoms with Crippen LogP contribution in [-0.4, -0.2) is 78.4 Å². The predicted octanol–water partition coefficient (Wildman–Crippen LogP) is 3.59. The van der Waals surface area contributed by atoms with Gasteiger partial charge in [0, 0.05) is 13.7 Å². The van der Waals surface area contributed by atoms with E-state index in [4.69, 9.17) is 18.9 Å². The Morgan fingerprint density at radius 1 is 1.19 bits per heavy atom. The highest BCUT2D eigenvalue weighted by molar-refractivity contribution is 7.89. The molecule has 0 fully saturated rings. The highest BCUT2D eigenvalue weighted by Gasteiger charge is 2.40. The first-order valence-electron chi connectivity index (χ1n) is 14.1. The molecular weight excluding hydrogens is 576 g/mol. The Kier molecular flexibility index (Phi) is 10.6. The zero-order valence-corrected chi connectivity index (χ0v) is 26.0. The van der Waals surface area contributed by atoms with Gasteiger partial charge in [0.05, 0.1) is 57.2 Å². The Morgan fingerprint density at radius 2 is 1.95 bits per heavy atom. The summed E-state index contributed by atoms with van der Waals surface area (Å²) in [6, 6.07) is 12.1. The number of hydrogen-bond donors (Lipinski definition) is 1. The predicted molar refractivity (Wildman–Crippen MR) is 157 cm³/mol. The van der Waals surface area contributed by atoms with Gasteiger partial charge in [-0.25, -0.2) is 13.1 Å². The van der Waals surface area contributed by atoms with Crippen LogP contribution in [0.15, 0.2) is 53.6 Å². The van der Waals surface area contributed by atoms with E-state index in [0.717, 1.165) is 11.1 Å². The molecule has 12 nitrogen and oxygen atoms in total.